The maximum absolute atomic E-state index is 12.7. The van der Waals surface area contributed by atoms with Crippen LogP contribution in [0.4, 0.5) is 17.2 Å². The van der Waals surface area contributed by atoms with Gasteiger partial charge in [-0.15, -0.1) is 0 Å². The lowest BCUT2D eigenvalue weighted by Crippen LogP contribution is -2.49. The molecule has 1 amide bonds. The molecule has 166 valence electrons. The van der Waals surface area contributed by atoms with Crippen molar-refractivity contribution in [1.82, 2.24) is 10.3 Å². The van der Waals surface area contributed by atoms with E-state index in [0.717, 1.165) is 25.5 Å². The SMILES string of the molecule is CC1CN(c2ccc(C(=O)Nc3ccc(Cl)c(NC(O)c4ccccc4)c3)cn2)CCN1. The van der Waals surface area contributed by atoms with Gasteiger partial charge in [-0.3, -0.25) is 4.79 Å². The summed E-state index contributed by atoms with van der Waals surface area (Å²) in [4.78, 5) is 19.4. The van der Waals surface area contributed by atoms with Crippen LogP contribution in [0.5, 0.6) is 0 Å². The Kier molecular flexibility index (Phi) is 6.90. The molecule has 0 saturated carbocycles. The van der Waals surface area contributed by atoms with E-state index in [1.807, 2.05) is 36.4 Å². The van der Waals surface area contributed by atoms with E-state index >= 15 is 0 Å². The van der Waals surface area contributed by atoms with Gasteiger partial charge in [0.15, 0.2) is 6.23 Å². The number of nitrogens with zero attached hydrogens (tertiary/aromatic N) is 2. The molecule has 2 atom stereocenters. The van der Waals surface area contributed by atoms with Gasteiger partial charge in [-0.05, 0) is 37.3 Å². The Morgan fingerprint density at radius 1 is 1.22 bits per heavy atom. The summed E-state index contributed by atoms with van der Waals surface area (Å²) in [5.74, 6) is 0.595. The highest BCUT2D eigenvalue weighted by molar-refractivity contribution is 6.33. The summed E-state index contributed by atoms with van der Waals surface area (Å²) in [6.07, 6.45) is 0.662. The molecule has 3 aromatic rings. The number of pyridine rings is 1. The van der Waals surface area contributed by atoms with Gasteiger partial charge >= 0.3 is 0 Å². The number of anilines is 3. The largest absolute Gasteiger partial charge is 0.369 e. The van der Waals surface area contributed by atoms with Gasteiger partial charge in [-0.2, -0.15) is 0 Å². The van der Waals surface area contributed by atoms with Gasteiger partial charge in [-0.25, -0.2) is 4.98 Å². The maximum atomic E-state index is 12.7. The highest BCUT2D eigenvalue weighted by Gasteiger charge is 2.17. The predicted octanol–water partition coefficient (Wildman–Crippen LogP) is 3.89. The number of aromatic nitrogens is 1. The number of amides is 1. The lowest BCUT2D eigenvalue weighted by atomic mass is 10.2. The van der Waals surface area contributed by atoms with E-state index in [2.05, 4.69) is 32.8 Å². The van der Waals surface area contributed by atoms with Crippen LogP contribution in [0.25, 0.3) is 0 Å². The van der Waals surface area contributed by atoms with Gasteiger partial charge in [0.05, 0.1) is 16.3 Å². The molecule has 1 fully saturated rings. The van der Waals surface area contributed by atoms with E-state index in [4.69, 9.17) is 11.6 Å². The van der Waals surface area contributed by atoms with Crippen molar-refractivity contribution in [3.05, 3.63) is 83.0 Å². The van der Waals surface area contributed by atoms with Crippen molar-refractivity contribution in [2.45, 2.75) is 19.2 Å². The Hall–Kier alpha value is -3.13. The van der Waals surface area contributed by atoms with Crippen LogP contribution in [0.2, 0.25) is 5.02 Å². The number of carbonyl (C=O) groups excluding carboxylic acids is 1. The third kappa shape index (κ3) is 5.37. The third-order valence-corrected chi connectivity index (χ3v) is 5.66. The molecule has 7 nitrogen and oxygen atoms in total. The molecule has 32 heavy (non-hydrogen) atoms. The standard InChI is InChI=1S/C24H26ClN5O2/c1-16-15-30(12-11-26-16)22-10-7-18(14-27-22)24(32)28-19-8-9-20(25)21(13-19)29-23(31)17-5-3-2-4-6-17/h2-10,13-14,16,23,26,29,31H,11-12,15H2,1H3,(H,28,32). The first-order valence-electron chi connectivity index (χ1n) is 10.5. The number of piperazine rings is 1. The number of halogens is 1. The molecule has 4 N–H and O–H groups in total. The number of benzene rings is 2. The Balaban J connectivity index is 1.42. The van der Waals surface area contributed by atoms with Crippen LogP contribution in [-0.4, -0.2) is 41.7 Å². The Labute approximate surface area is 192 Å². The predicted molar refractivity (Wildman–Crippen MR) is 128 cm³/mol. The average molecular weight is 452 g/mol. The minimum atomic E-state index is -0.927. The van der Waals surface area contributed by atoms with Gasteiger partial charge in [0.1, 0.15) is 5.82 Å². The number of nitrogens with one attached hydrogen (secondary N) is 3. The van der Waals surface area contributed by atoms with Crippen LogP contribution in [0.1, 0.15) is 29.1 Å². The Bertz CT molecular complexity index is 1060. The normalized spacial score (nSPS) is 17.0. The quantitative estimate of drug-likeness (QED) is 0.425. The number of hydrogen-bond donors (Lipinski definition) is 4. The van der Waals surface area contributed by atoms with Gasteiger partial charge in [0.25, 0.3) is 5.91 Å². The maximum Gasteiger partial charge on any atom is 0.257 e. The Morgan fingerprint density at radius 3 is 2.75 bits per heavy atom. The second kappa shape index (κ2) is 9.99. The van der Waals surface area contributed by atoms with Crippen molar-refractivity contribution < 1.29 is 9.90 Å². The number of aliphatic hydroxyl groups excluding tert-OH is 1. The molecule has 4 rings (SSSR count). The number of aliphatic hydroxyl groups is 1. The van der Waals surface area contributed by atoms with E-state index < -0.39 is 6.23 Å². The lowest BCUT2D eigenvalue weighted by Gasteiger charge is -2.32. The van der Waals surface area contributed by atoms with E-state index in [1.54, 1.807) is 30.5 Å². The zero-order valence-corrected chi connectivity index (χ0v) is 18.5. The molecule has 2 aromatic carbocycles. The van der Waals surface area contributed by atoms with Crippen LogP contribution in [0.15, 0.2) is 66.9 Å². The van der Waals surface area contributed by atoms with Crippen molar-refractivity contribution in [2.75, 3.05) is 35.2 Å². The number of carbonyl (C=O) groups is 1. The summed E-state index contributed by atoms with van der Waals surface area (Å²) in [7, 11) is 0. The number of hydrogen-bond acceptors (Lipinski definition) is 6. The van der Waals surface area contributed by atoms with Crippen molar-refractivity contribution in [1.29, 1.82) is 0 Å². The minimum absolute atomic E-state index is 0.269. The smallest absolute Gasteiger partial charge is 0.257 e. The molecule has 1 aliphatic heterocycles. The molecule has 1 aliphatic rings. The fourth-order valence-corrected chi connectivity index (χ4v) is 3.80. The van der Waals surface area contributed by atoms with Crippen LogP contribution in [0.3, 0.4) is 0 Å². The van der Waals surface area contributed by atoms with Crippen LogP contribution >= 0.6 is 11.6 Å². The molecular weight excluding hydrogens is 426 g/mol. The molecule has 8 heteroatoms. The Morgan fingerprint density at radius 2 is 2.03 bits per heavy atom. The second-order valence-electron chi connectivity index (χ2n) is 7.81. The summed E-state index contributed by atoms with van der Waals surface area (Å²) in [6, 6.07) is 18.3. The van der Waals surface area contributed by atoms with Crippen molar-refractivity contribution in [3.8, 4) is 0 Å². The first-order chi connectivity index (χ1) is 15.5. The summed E-state index contributed by atoms with van der Waals surface area (Å²) < 4.78 is 0. The molecule has 2 heterocycles. The molecule has 0 radical (unpaired) electrons. The topological polar surface area (TPSA) is 89.5 Å². The number of rotatable bonds is 6. The van der Waals surface area contributed by atoms with E-state index in [9.17, 15) is 9.90 Å². The fraction of sp³-hybridized carbons (Fsp3) is 0.250. The highest BCUT2D eigenvalue weighted by Crippen LogP contribution is 2.29. The summed E-state index contributed by atoms with van der Waals surface area (Å²) in [5, 5.41) is 20.1. The van der Waals surface area contributed by atoms with Crippen molar-refractivity contribution in [3.63, 3.8) is 0 Å². The molecule has 1 saturated heterocycles. The van der Waals surface area contributed by atoms with Crippen molar-refractivity contribution in [2.24, 2.45) is 0 Å². The molecule has 0 spiro atoms. The van der Waals surface area contributed by atoms with Gasteiger partial charge in [0.2, 0.25) is 0 Å². The van der Waals surface area contributed by atoms with E-state index in [1.165, 1.54) is 0 Å². The summed E-state index contributed by atoms with van der Waals surface area (Å²) in [5.41, 5.74) is 2.25. The van der Waals surface area contributed by atoms with Gasteiger partial charge in [-0.1, -0.05) is 41.9 Å². The second-order valence-corrected chi connectivity index (χ2v) is 8.22. The molecule has 0 aliphatic carbocycles. The van der Waals surface area contributed by atoms with E-state index in [0.29, 0.717) is 33.6 Å². The molecule has 1 aromatic heterocycles. The average Bonchev–Trinajstić information content (AvgIpc) is 2.82. The van der Waals surface area contributed by atoms with Crippen LogP contribution in [0, 0.1) is 0 Å². The third-order valence-electron chi connectivity index (χ3n) is 5.33. The monoisotopic (exact) mass is 451 g/mol. The van der Waals surface area contributed by atoms with Crippen LogP contribution < -0.4 is 20.9 Å². The zero-order chi connectivity index (χ0) is 22.5. The first-order valence-corrected chi connectivity index (χ1v) is 10.9. The molecule has 2 unspecified atom stereocenters. The molecule has 0 bridgehead atoms. The molecular formula is C24H26ClN5O2. The first kappa shape index (κ1) is 22.1. The van der Waals surface area contributed by atoms with E-state index in [-0.39, 0.29) is 5.91 Å². The highest BCUT2D eigenvalue weighted by atomic mass is 35.5. The lowest BCUT2D eigenvalue weighted by molar-refractivity contribution is 0.102. The summed E-state index contributed by atoms with van der Waals surface area (Å²) in [6.45, 7) is 4.82. The van der Waals surface area contributed by atoms with Gasteiger partial charge < -0.3 is 26.0 Å². The van der Waals surface area contributed by atoms with Crippen molar-refractivity contribution >= 4 is 34.7 Å². The van der Waals surface area contributed by atoms with Gasteiger partial charge in [0, 0.05) is 43.1 Å². The zero-order valence-electron chi connectivity index (χ0n) is 17.8. The summed E-state index contributed by atoms with van der Waals surface area (Å²) >= 11 is 6.28. The fourth-order valence-electron chi connectivity index (χ4n) is 3.63. The minimum Gasteiger partial charge on any atom is -0.369 e. The van der Waals surface area contributed by atoms with Crippen LogP contribution in [-0.2, 0) is 0 Å².